The third kappa shape index (κ3) is 2.36. The molecule has 1 unspecified atom stereocenters. The van der Waals surface area contributed by atoms with Crippen molar-refractivity contribution in [3.63, 3.8) is 0 Å². The molecule has 1 fully saturated rings. The molecule has 0 spiro atoms. The second kappa shape index (κ2) is 4.59. The van der Waals surface area contributed by atoms with Gasteiger partial charge in [-0.2, -0.15) is 0 Å². The van der Waals surface area contributed by atoms with Crippen LogP contribution in [0.3, 0.4) is 0 Å². The summed E-state index contributed by atoms with van der Waals surface area (Å²) in [4.78, 5) is 25.7. The van der Waals surface area contributed by atoms with Crippen LogP contribution in [-0.2, 0) is 9.59 Å². The summed E-state index contributed by atoms with van der Waals surface area (Å²) >= 11 is 3.08. The molecule has 4 nitrogen and oxygen atoms in total. The first-order valence-corrected chi connectivity index (χ1v) is 6.64. The number of amides is 2. The van der Waals surface area contributed by atoms with Crippen LogP contribution in [0, 0.1) is 5.82 Å². The average Bonchev–Trinajstić information content (AvgIpc) is 2.31. The number of anilines is 1. The molecule has 0 radical (unpaired) electrons. The molecular formula is C13H14BrFN2O2. The predicted octanol–water partition coefficient (Wildman–Crippen LogP) is 2.22. The van der Waals surface area contributed by atoms with Gasteiger partial charge >= 0.3 is 0 Å². The van der Waals surface area contributed by atoms with E-state index in [-0.39, 0.29) is 16.3 Å². The van der Waals surface area contributed by atoms with Crippen molar-refractivity contribution in [1.82, 2.24) is 5.32 Å². The third-order valence-electron chi connectivity index (χ3n) is 3.14. The van der Waals surface area contributed by atoms with Crippen molar-refractivity contribution < 1.29 is 14.0 Å². The Morgan fingerprint density at radius 2 is 2.00 bits per heavy atom. The van der Waals surface area contributed by atoms with Crippen LogP contribution >= 0.6 is 15.9 Å². The second-order valence-electron chi connectivity index (χ2n) is 5.06. The van der Waals surface area contributed by atoms with Gasteiger partial charge in [0.2, 0.25) is 5.91 Å². The molecular weight excluding hydrogens is 315 g/mol. The molecule has 0 saturated carbocycles. The minimum atomic E-state index is -0.968. The minimum absolute atomic E-state index is 0.224. The lowest BCUT2D eigenvalue weighted by atomic mass is 9.96. The molecule has 102 valence electrons. The fourth-order valence-electron chi connectivity index (χ4n) is 2.04. The van der Waals surface area contributed by atoms with Crippen molar-refractivity contribution in [2.24, 2.45) is 0 Å². The maximum Gasteiger partial charge on any atom is 0.252 e. The molecule has 1 aromatic carbocycles. The SMILES string of the molecule is CC1C(=O)NC(C)(C)C(=O)N1c1ccc(F)c(Br)c1. The maximum absolute atomic E-state index is 13.3. The number of carbonyl (C=O) groups is 2. The number of hydrogen-bond acceptors (Lipinski definition) is 2. The van der Waals surface area contributed by atoms with Crippen molar-refractivity contribution in [3.8, 4) is 0 Å². The van der Waals surface area contributed by atoms with Crippen LogP contribution in [0.25, 0.3) is 0 Å². The molecule has 1 aliphatic rings. The summed E-state index contributed by atoms with van der Waals surface area (Å²) in [6.45, 7) is 4.93. The van der Waals surface area contributed by atoms with E-state index in [9.17, 15) is 14.0 Å². The van der Waals surface area contributed by atoms with Gasteiger partial charge in [-0.1, -0.05) is 0 Å². The van der Waals surface area contributed by atoms with Gasteiger partial charge in [0.1, 0.15) is 17.4 Å². The lowest BCUT2D eigenvalue weighted by Gasteiger charge is -2.41. The maximum atomic E-state index is 13.3. The Kier molecular flexibility index (Phi) is 3.38. The van der Waals surface area contributed by atoms with E-state index in [0.29, 0.717) is 5.69 Å². The van der Waals surface area contributed by atoms with Crippen LogP contribution in [0.5, 0.6) is 0 Å². The second-order valence-corrected chi connectivity index (χ2v) is 5.92. The topological polar surface area (TPSA) is 49.4 Å². The van der Waals surface area contributed by atoms with Crippen molar-refractivity contribution >= 4 is 33.4 Å². The number of halogens is 2. The summed E-state index contributed by atoms with van der Waals surface area (Å²) in [5.41, 5.74) is -0.474. The van der Waals surface area contributed by atoms with Gasteiger partial charge in [-0.3, -0.25) is 14.5 Å². The number of piperazine rings is 1. The van der Waals surface area contributed by atoms with E-state index in [1.165, 1.54) is 23.1 Å². The first-order chi connectivity index (χ1) is 8.74. The number of benzene rings is 1. The number of carbonyl (C=O) groups excluding carboxylic acids is 2. The summed E-state index contributed by atoms with van der Waals surface area (Å²) in [5.74, 6) is -0.868. The van der Waals surface area contributed by atoms with Gasteiger partial charge in [-0.25, -0.2) is 4.39 Å². The molecule has 1 heterocycles. The van der Waals surface area contributed by atoms with Gasteiger partial charge < -0.3 is 5.32 Å². The Hall–Kier alpha value is -1.43. The number of hydrogen-bond donors (Lipinski definition) is 1. The molecule has 0 aliphatic carbocycles. The zero-order chi connectivity index (χ0) is 14.4. The Morgan fingerprint density at radius 1 is 1.37 bits per heavy atom. The van der Waals surface area contributed by atoms with Crippen LogP contribution in [0.4, 0.5) is 10.1 Å². The Labute approximate surface area is 119 Å². The predicted molar refractivity (Wildman–Crippen MR) is 73.3 cm³/mol. The highest BCUT2D eigenvalue weighted by molar-refractivity contribution is 9.10. The highest BCUT2D eigenvalue weighted by atomic mass is 79.9. The van der Waals surface area contributed by atoms with E-state index < -0.39 is 17.4 Å². The molecule has 2 amide bonds. The quantitative estimate of drug-likeness (QED) is 0.859. The fourth-order valence-corrected chi connectivity index (χ4v) is 2.40. The van der Waals surface area contributed by atoms with Crippen molar-refractivity contribution in [1.29, 1.82) is 0 Å². The van der Waals surface area contributed by atoms with Gasteiger partial charge in [-0.05, 0) is 54.9 Å². The standard InChI is InChI=1S/C13H14BrFN2O2/c1-7-11(18)16-13(2,3)12(19)17(7)8-4-5-10(15)9(14)6-8/h4-7H,1-3H3,(H,16,18). The number of rotatable bonds is 1. The summed E-state index contributed by atoms with van der Waals surface area (Å²) in [6.07, 6.45) is 0. The number of nitrogens with zero attached hydrogens (tertiary/aromatic N) is 1. The summed E-state index contributed by atoms with van der Waals surface area (Å²) in [5, 5.41) is 2.66. The highest BCUT2D eigenvalue weighted by Gasteiger charge is 2.44. The molecule has 2 rings (SSSR count). The Balaban J connectivity index is 2.48. The monoisotopic (exact) mass is 328 g/mol. The van der Waals surface area contributed by atoms with Crippen LogP contribution in [0.2, 0.25) is 0 Å². The van der Waals surface area contributed by atoms with Crippen molar-refractivity contribution in [2.45, 2.75) is 32.4 Å². The third-order valence-corrected chi connectivity index (χ3v) is 3.74. The molecule has 0 bridgehead atoms. The largest absolute Gasteiger partial charge is 0.340 e. The summed E-state index contributed by atoms with van der Waals surface area (Å²) in [7, 11) is 0. The molecule has 1 aromatic rings. The van der Waals surface area contributed by atoms with E-state index in [4.69, 9.17) is 0 Å². The van der Waals surface area contributed by atoms with Gasteiger partial charge in [-0.15, -0.1) is 0 Å². The first kappa shape index (κ1) is 14.0. The van der Waals surface area contributed by atoms with E-state index in [2.05, 4.69) is 21.2 Å². The van der Waals surface area contributed by atoms with Gasteiger partial charge in [0.05, 0.1) is 4.47 Å². The van der Waals surface area contributed by atoms with Gasteiger partial charge in [0.15, 0.2) is 0 Å². The molecule has 0 aromatic heterocycles. The minimum Gasteiger partial charge on any atom is -0.340 e. The Morgan fingerprint density at radius 3 is 2.58 bits per heavy atom. The summed E-state index contributed by atoms with van der Waals surface area (Å²) < 4.78 is 13.5. The van der Waals surface area contributed by atoms with E-state index in [0.717, 1.165) is 0 Å². The fraction of sp³-hybridized carbons (Fsp3) is 0.385. The lowest BCUT2D eigenvalue weighted by molar-refractivity contribution is -0.136. The smallest absolute Gasteiger partial charge is 0.252 e. The number of nitrogens with one attached hydrogen (secondary N) is 1. The lowest BCUT2D eigenvalue weighted by Crippen LogP contribution is -2.67. The zero-order valence-corrected chi connectivity index (χ0v) is 12.4. The van der Waals surface area contributed by atoms with Crippen LogP contribution in [0.15, 0.2) is 22.7 Å². The van der Waals surface area contributed by atoms with E-state index >= 15 is 0 Å². The summed E-state index contributed by atoms with van der Waals surface area (Å²) in [6, 6.07) is 3.62. The molecule has 1 aliphatic heterocycles. The van der Waals surface area contributed by atoms with Gasteiger partial charge in [0.25, 0.3) is 5.91 Å². The van der Waals surface area contributed by atoms with Crippen LogP contribution in [-0.4, -0.2) is 23.4 Å². The van der Waals surface area contributed by atoms with Crippen molar-refractivity contribution in [3.05, 3.63) is 28.5 Å². The molecule has 1 atom stereocenters. The molecule has 6 heteroatoms. The average molecular weight is 329 g/mol. The van der Waals surface area contributed by atoms with E-state index in [1.54, 1.807) is 20.8 Å². The van der Waals surface area contributed by atoms with Crippen LogP contribution in [0.1, 0.15) is 20.8 Å². The van der Waals surface area contributed by atoms with Crippen LogP contribution < -0.4 is 10.2 Å². The zero-order valence-electron chi connectivity index (χ0n) is 10.8. The molecule has 1 N–H and O–H groups in total. The highest BCUT2D eigenvalue weighted by Crippen LogP contribution is 2.28. The van der Waals surface area contributed by atoms with E-state index in [1.807, 2.05) is 0 Å². The Bertz CT molecular complexity index is 560. The van der Waals surface area contributed by atoms with Gasteiger partial charge in [0, 0.05) is 5.69 Å². The first-order valence-electron chi connectivity index (χ1n) is 5.85. The van der Waals surface area contributed by atoms with Crippen molar-refractivity contribution in [2.75, 3.05) is 4.90 Å². The molecule has 1 saturated heterocycles. The molecule has 19 heavy (non-hydrogen) atoms. The normalized spacial score (nSPS) is 22.4.